The van der Waals surface area contributed by atoms with Crippen molar-refractivity contribution < 1.29 is 18.0 Å². The molecule has 0 heterocycles. The van der Waals surface area contributed by atoms with Crippen LogP contribution in [0.25, 0.3) is 0 Å². The lowest BCUT2D eigenvalue weighted by atomic mass is 10.1. The molecule has 1 unspecified atom stereocenters. The van der Waals surface area contributed by atoms with E-state index < -0.39 is 12.7 Å². The van der Waals surface area contributed by atoms with Gasteiger partial charge in [0.05, 0.1) is 0 Å². The van der Waals surface area contributed by atoms with Gasteiger partial charge in [0.2, 0.25) is 5.91 Å². The van der Waals surface area contributed by atoms with E-state index in [0.29, 0.717) is 12.6 Å². The normalized spacial score (nSPS) is 21.3. The summed E-state index contributed by atoms with van der Waals surface area (Å²) < 4.78 is 37.7. The predicted octanol–water partition coefficient (Wildman–Crippen LogP) is 2.32. The Hall–Kier alpha value is -0.780. The summed E-state index contributed by atoms with van der Waals surface area (Å²) in [6.07, 6.45) is -0.0729. The van der Waals surface area contributed by atoms with Gasteiger partial charge in [-0.3, -0.25) is 4.79 Å². The summed E-state index contributed by atoms with van der Waals surface area (Å²) in [7, 11) is 0. The third kappa shape index (κ3) is 5.01. The fourth-order valence-corrected chi connectivity index (χ4v) is 2.30. The van der Waals surface area contributed by atoms with Crippen molar-refractivity contribution in [2.75, 3.05) is 13.1 Å². The van der Waals surface area contributed by atoms with Gasteiger partial charge in [0.15, 0.2) is 0 Å². The van der Waals surface area contributed by atoms with Crippen molar-refractivity contribution in [2.45, 2.75) is 57.3 Å². The molecule has 0 aromatic carbocycles. The van der Waals surface area contributed by atoms with E-state index in [-0.39, 0.29) is 24.3 Å². The molecular weight excluding hydrogens is 257 g/mol. The van der Waals surface area contributed by atoms with Crippen molar-refractivity contribution in [1.82, 2.24) is 10.2 Å². The van der Waals surface area contributed by atoms with Crippen LogP contribution in [0.3, 0.4) is 0 Å². The molecule has 2 fully saturated rings. The van der Waals surface area contributed by atoms with Gasteiger partial charge >= 0.3 is 6.18 Å². The number of carbonyl (C=O) groups excluding carboxylic acids is 1. The van der Waals surface area contributed by atoms with Crippen molar-refractivity contribution >= 4 is 5.91 Å². The van der Waals surface area contributed by atoms with Crippen molar-refractivity contribution in [2.24, 2.45) is 5.92 Å². The van der Waals surface area contributed by atoms with Gasteiger partial charge in [-0.15, -0.1) is 0 Å². The summed E-state index contributed by atoms with van der Waals surface area (Å²) in [5, 5.41) is 3.16. The highest BCUT2D eigenvalue weighted by Gasteiger charge is 2.40. The Morgan fingerprint density at radius 2 is 1.95 bits per heavy atom. The van der Waals surface area contributed by atoms with Crippen molar-refractivity contribution in [3.05, 3.63) is 0 Å². The predicted molar refractivity (Wildman–Crippen MR) is 65.6 cm³/mol. The molecule has 1 atom stereocenters. The van der Waals surface area contributed by atoms with Gasteiger partial charge in [-0.1, -0.05) is 0 Å². The maximum atomic E-state index is 12.6. The summed E-state index contributed by atoms with van der Waals surface area (Å²) in [6, 6.07) is 0.180. The largest absolute Gasteiger partial charge is 0.406 e. The van der Waals surface area contributed by atoms with Crippen LogP contribution < -0.4 is 5.32 Å². The highest BCUT2D eigenvalue weighted by Crippen LogP contribution is 2.36. The minimum absolute atomic E-state index is 0.156. The molecule has 0 radical (unpaired) electrons. The lowest BCUT2D eigenvalue weighted by Crippen LogP contribution is -2.46. The number of nitrogens with zero attached hydrogens (tertiary/aromatic N) is 1. The second-order valence-electron chi connectivity index (χ2n) is 5.69. The van der Waals surface area contributed by atoms with E-state index in [0.717, 1.165) is 30.6 Å². The summed E-state index contributed by atoms with van der Waals surface area (Å²) >= 11 is 0. The molecule has 19 heavy (non-hydrogen) atoms. The van der Waals surface area contributed by atoms with Crippen LogP contribution in [0, 0.1) is 5.92 Å². The Kier molecular flexibility index (Phi) is 4.38. The average Bonchev–Trinajstić information content (AvgIpc) is 3.13. The molecule has 2 aliphatic rings. The zero-order valence-corrected chi connectivity index (χ0v) is 11.2. The number of hydrogen-bond acceptors (Lipinski definition) is 2. The van der Waals surface area contributed by atoms with E-state index >= 15 is 0 Å². The van der Waals surface area contributed by atoms with E-state index in [2.05, 4.69) is 5.32 Å². The van der Waals surface area contributed by atoms with Crippen molar-refractivity contribution in [1.29, 1.82) is 0 Å². The second kappa shape index (κ2) is 5.69. The zero-order chi connectivity index (χ0) is 14.0. The van der Waals surface area contributed by atoms with Crippen LogP contribution in [0.15, 0.2) is 0 Å². The quantitative estimate of drug-likeness (QED) is 0.775. The van der Waals surface area contributed by atoms with Crippen LogP contribution in [0.5, 0.6) is 0 Å². The molecule has 2 saturated carbocycles. The van der Waals surface area contributed by atoms with Crippen LogP contribution in [-0.2, 0) is 4.79 Å². The van der Waals surface area contributed by atoms with Gasteiger partial charge in [-0.05, 0) is 38.5 Å². The zero-order valence-electron chi connectivity index (χ0n) is 11.2. The number of hydrogen-bond donors (Lipinski definition) is 1. The van der Waals surface area contributed by atoms with Crippen molar-refractivity contribution in [3.8, 4) is 0 Å². The van der Waals surface area contributed by atoms with Crippen LogP contribution >= 0.6 is 0 Å². The number of carbonyl (C=O) groups is 1. The van der Waals surface area contributed by atoms with Gasteiger partial charge in [0.1, 0.15) is 6.54 Å². The minimum atomic E-state index is -4.32. The molecule has 110 valence electrons. The third-order valence-electron chi connectivity index (χ3n) is 3.82. The first-order chi connectivity index (χ1) is 8.87. The molecule has 6 heteroatoms. The highest BCUT2D eigenvalue weighted by molar-refractivity contribution is 5.76. The molecule has 0 saturated heterocycles. The van der Waals surface area contributed by atoms with E-state index in [9.17, 15) is 18.0 Å². The highest BCUT2D eigenvalue weighted by atomic mass is 19.4. The Morgan fingerprint density at radius 3 is 2.42 bits per heavy atom. The van der Waals surface area contributed by atoms with Gasteiger partial charge in [-0.2, -0.15) is 13.2 Å². The van der Waals surface area contributed by atoms with Crippen LogP contribution in [0.2, 0.25) is 0 Å². The number of alkyl halides is 3. The second-order valence-corrected chi connectivity index (χ2v) is 5.69. The topological polar surface area (TPSA) is 32.3 Å². The van der Waals surface area contributed by atoms with Crippen LogP contribution in [0.4, 0.5) is 13.2 Å². The van der Waals surface area contributed by atoms with Gasteiger partial charge in [-0.25, -0.2) is 0 Å². The van der Waals surface area contributed by atoms with Crippen LogP contribution in [-0.4, -0.2) is 42.2 Å². The summed E-state index contributed by atoms with van der Waals surface area (Å²) in [4.78, 5) is 13.0. The Morgan fingerprint density at radius 1 is 1.32 bits per heavy atom. The van der Waals surface area contributed by atoms with E-state index in [4.69, 9.17) is 0 Å². The molecule has 1 amide bonds. The monoisotopic (exact) mass is 278 g/mol. The fourth-order valence-electron chi connectivity index (χ4n) is 2.30. The first-order valence-electron chi connectivity index (χ1n) is 6.96. The summed E-state index contributed by atoms with van der Waals surface area (Å²) in [5.74, 6) is -0.132. The smallest absolute Gasteiger partial charge is 0.331 e. The Balaban J connectivity index is 1.84. The lowest BCUT2D eigenvalue weighted by molar-refractivity contribution is -0.166. The molecule has 0 spiro atoms. The maximum Gasteiger partial charge on any atom is 0.406 e. The molecule has 0 aromatic rings. The van der Waals surface area contributed by atoms with Gasteiger partial charge in [0, 0.05) is 25.0 Å². The minimum Gasteiger partial charge on any atom is -0.331 e. The van der Waals surface area contributed by atoms with E-state index in [1.165, 1.54) is 0 Å². The number of amides is 1. The first-order valence-corrected chi connectivity index (χ1v) is 6.96. The number of nitrogens with one attached hydrogen (secondary N) is 1. The summed E-state index contributed by atoms with van der Waals surface area (Å²) in [5.41, 5.74) is 0. The molecule has 0 aliphatic heterocycles. The lowest BCUT2D eigenvalue weighted by Gasteiger charge is -2.30. The molecular formula is C13H21F3N2O. The third-order valence-corrected chi connectivity index (χ3v) is 3.82. The number of halogens is 3. The standard InChI is InChI=1S/C13H21F3N2O/c1-9(10-2-3-10)18(8-13(14,15)16)12(19)6-7-17-11-4-5-11/h9-11,17H,2-8H2,1H3. The molecule has 0 bridgehead atoms. The molecule has 1 N–H and O–H groups in total. The molecule has 0 aromatic heterocycles. The van der Waals surface area contributed by atoms with Crippen LogP contribution in [0.1, 0.15) is 39.0 Å². The van der Waals surface area contributed by atoms with Crippen molar-refractivity contribution in [3.63, 3.8) is 0 Å². The Labute approximate surface area is 111 Å². The number of rotatable bonds is 7. The van der Waals surface area contributed by atoms with Gasteiger partial charge < -0.3 is 10.2 Å². The summed E-state index contributed by atoms with van der Waals surface area (Å²) in [6.45, 7) is 1.10. The maximum absolute atomic E-state index is 12.6. The van der Waals surface area contributed by atoms with E-state index in [1.54, 1.807) is 6.92 Å². The SMILES string of the molecule is CC(C1CC1)N(CC(F)(F)F)C(=O)CCNC1CC1. The molecule has 2 aliphatic carbocycles. The molecule has 3 nitrogen and oxygen atoms in total. The average molecular weight is 278 g/mol. The van der Waals surface area contributed by atoms with Gasteiger partial charge in [0.25, 0.3) is 0 Å². The molecule has 2 rings (SSSR count). The van der Waals surface area contributed by atoms with E-state index in [1.807, 2.05) is 0 Å². The Bertz CT molecular complexity index is 324. The fraction of sp³-hybridized carbons (Fsp3) is 0.923. The first kappa shape index (κ1) is 14.6.